The summed E-state index contributed by atoms with van der Waals surface area (Å²) in [6.07, 6.45) is 2.14. The predicted octanol–water partition coefficient (Wildman–Crippen LogP) is 2.25. The molecule has 0 bridgehead atoms. The first-order valence-corrected chi connectivity index (χ1v) is 6.37. The molecule has 0 aromatic heterocycles. The maximum absolute atomic E-state index is 11.6. The molecule has 0 heterocycles. The summed E-state index contributed by atoms with van der Waals surface area (Å²) in [5.41, 5.74) is 6.46. The van der Waals surface area contributed by atoms with E-state index in [1.165, 1.54) is 7.11 Å². The molecular formula is C14H21NO4. The number of unbranched alkanes of at least 4 members (excludes halogenated alkanes) is 1. The molecule has 0 saturated heterocycles. The van der Waals surface area contributed by atoms with Crippen molar-refractivity contribution in [2.24, 2.45) is 0 Å². The second kappa shape index (κ2) is 8.37. The Morgan fingerprint density at radius 3 is 2.74 bits per heavy atom. The lowest BCUT2D eigenvalue weighted by atomic mass is 10.2. The van der Waals surface area contributed by atoms with Gasteiger partial charge in [0.05, 0.1) is 13.7 Å². The Balaban J connectivity index is 2.50. The fourth-order valence-electron chi connectivity index (χ4n) is 1.50. The summed E-state index contributed by atoms with van der Waals surface area (Å²) in [7, 11) is 1.32. The summed E-state index contributed by atoms with van der Waals surface area (Å²) in [5, 5.41) is 0. The molecular weight excluding hydrogens is 246 g/mol. The molecule has 0 aliphatic carbocycles. The van der Waals surface area contributed by atoms with Crippen molar-refractivity contribution in [3.05, 3.63) is 23.8 Å². The van der Waals surface area contributed by atoms with Crippen molar-refractivity contribution < 1.29 is 19.0 Å². The molecule has 0 aliphatic rings. The van der Waals surface area contributed by atoms with Gasteiger partial charge in [-0.1, -0.05) is 13.3 Å². The number of ether oxygens (including phenoxy) is 3. The fraction of sp³-hybridized carbons (Fsp3) is 0.500. The van der Waals surface area contributed by atoms with Crippen LogP contribution in [0, 0.1) is 0 Å². The molecule has 5 heteroatoms. The van der Waals surface area contributed by atoms with E-state index in [2.05, 4.69) is 11.7 Å². The van der Waals surface area contributed by atoms with Crippen LogP contribution < -0.4 is 10.5 Å². The zero-order valence-corrected chi connectivity index (χ0v) is 11.5. The Bertz CT molecular complexity index is 406. The van der Waals surface area contributed by atoms with E-state index in [4.69, 9.17) is 15.2 Å². The number of rotatable bonds is 8. The lowest BCUT2D eigenvalue weighted by Gasteiger charge is -2.11. The molecule has 0 spiro atoms. The smallest absolute Gasteiger partial charge is 0.341 e. The van der Waals surface area contributed by atoms with E-state index in [0.29, 0.717) is 30.2 Å². The van der Waals surface area contributed by atoms with E-state index in [1.54, 1.807) is 18.2 Å². The minimum absolute atomic E-state index is 0.330. The van der Waals surface area contributed by atoms with Gasteiger partial charge in [0.2, 0.25) is 0 Å². The number of hydrogen-bond donors (Lipinski definition) is 1. The third kappa shape index (κ3) is 5.18. The largest absolute Gasteiger partial charge is 0.490 e. The first-order valence-electron chi connectivity index (χ1n) is 6.37. The molecule has 0 unspecified atom stereocenters. The molecule has 0 radical (unpaired) electrons. The molecule has 1 aromatic carbocycles. The van der Waals surface area contributed by atoms with Gasteiger partial charge in [0.1, 0.15) is 17.9 Å². The predicted molar refractivity (Wildman–Crippen MR) is 73.4 cm³/mol. The first kappa shape index (κ1) is 15.3. The SMILES string of the molecule is CCCCOCCOc1ccc(N)cc1C(=O)OC. The number of esters is 1. The maximum Gasteiger partial charge on any atom is 0.341 e. The highest BCUT2D eigenvalue weighted by Crippen LogP contribution is 2.22. The highest BCUT2D eigenvalue weighted by molar-refractivity contribution is 5.93. The van der Waals surface area contributed by atoms with Gasteiger partial charge >= 0.3 is 5.97 Å². The number of anilines is 1. The Hall–Kier alpha value is -1.75. The highest BCUT2D eigenvalue weighted by atomic mass is 16.5. The molecule has 0 atom stereocenters. The summed E-state index contributed by atoms with van der Waals surface area (Å²) < 4.78 is 15.6. The van der Waals surface area contributed by atoms with Crippen LogP contribution in [0.3, 0.4) is 0 Å². The summed E-state index contributed by atoms with van der Waals surface area (Å²) in [6, 6.07) is 4.88. The van der Waals surface area contributed by atoms with Crippen LogP contribution in [-0.4, -0.2) is 32.9 Å². The summed E-state index contributed by atoms with van der Waals surface area (Å²) >= 11 is 0. The van der Waals surface area contributed by atoms with E-state index in [9.17, 15) is 4.79 Å². The normalized spacial score (nSPS) is 10.2. The van der Waals surface area contributed by atoms with Crippen molar-refractivity contribution in [2.45, 2.75) is 19.8 Å². The molecule has 2 N–H and O–H groups in total. The van der Waals surface area contributed by atoms with Gasteiger partial charge in [-0.25, -0.2) is 4.79 Å². The average molecular weight is 267 g/mol. The van der Waals surface area contributed by atoms with Gasteiger partial charge in [-0.3, -0.25) is 0 Å². The fourth-order valence-corrected chi connectivity index (χ4v) is 1.50. The zero-order chi connectivity index (χ0) is 14.1. The number of carbonyl (C=O) groups excluding carboxylic acids is 1. The number of methoxy groups -OCH3 is 1. The van der Waals surface area contributed by atoms with Gasteiger partial charge < -0.3 is 19.9 Å². The number of carbonyl (C=O) groups is 1. The van der Waals surface area contributed by atoms with E-state index in [0.717, 1.165) is 19.4 Å². The van der Waals surface area contributed by atoms with E-state index in [1.807, 2.05) is 0 Å². The number of benzene rings is 1. The van der Waals surface area contributed by atoms with Crippen LogP contribution in [0.1, 0.15) is 30.1 Å². The second-order valence-corrected chi connectivity index (χ2v) is 4.06. The van der Waals surface area contributed by atoms with Crippen molar-refractivity contribution in [1.29, 1.82) is 0 Å². The van der Waals surface area contributed by atoms with Crippen LogP contribution >= 0.6 is 0 Å². The van der Waals surface area contributed by atoms with E-state index < -0.39 is 5.97 Å². The molecule has 5 nitrogen and oxygen atoms in total. The van der Waals surface area contributed by atoms with Crippen LogP contribution in [-0.2, 0) is 9.47 Å². The van der Waals surface area contributed by atoms with Gasteiger partial charge in [-0.05, 0) is 24.6 Å². The summed E-state index contributed by atoms with van der Waals surface area (Å²) in [6.45, 7) is 3.71. The molecule has 106 valence electrons. The van der Waals surface area contributed by atoms with Crippen molar-refractivity contribution in [1.82, 2.24) is 0 Å². The monoisotopic (exact) mass is 267 g/mol. The Labute approximate surface area is 113 Å². The van der Waals surface area contributed by atoms with E-state index in [-0.39, 0.29) is 0 Å². The third-order valence-corrected chi connectivity index (χ3v) is 2.54. The molecule has 0 aliphatic heterocycles. The van der Waals surface area contributed by atoms with Crippen LogP contribution in [0.25, 0.3) is 0 Å². The minimum atomic E-state index is -0.464. The van der Waals surface area contributed by atoms with E-state index >= 15 is 0 Å². The zero-order valence-electron chi connectivity index (χ0n) is 11.5. The van der Waals surface area contributed by atoms with Gasteiger partial charge in [-0.15, -0.1) is 0 Å². The highest BCUT2D eigenvalue weighted by Gasteiger charge is 2.13. The lowest BCUT2D eigenvalue weighted by molar-refractivity contribution is 0.0590. The first-order chi connectivity index (χ1) is 9.19. The molecule has 1 rings (SSSR count). The van der Waals surface area contributed by atoms with Crippen LogP contribution in [0.5, 0.6) is 5.75 Å². The van der Waals surface area contributed by atoms with Crippen molar-refractivity contribution in [2.75, 3.05) is 32.7 Å². The number of nitrogens with two attached hydrogens (primary N) is 1. The van der Waals surface area contributed by atoms with Gasteiger partial charge in [0.25, 0.3) is 0 Å². The molecule has 0 saturated carbocycles. The van der Waals surface area contributed by atoms with Gasteiger partial charge in [0.15, 0.2) is 0 Å². The standard InChI is InChI=1S/C14H21NO4/c1-3-4-7-18-8-9-19-13-6-5-11(15)10-12(13)14(16)17-2/h5-6,10H,3-4,7-9,15H2,1-2H3. The van der Waals surface area contributed by atoms with Crippen molar-refractivity contribution in [3.63, 3.8) is 0 Å². The van der Waals surface area contributed by atoms with Crippen LogP contribution in [0.2, 0.25) is 0 Å². The summed E-state index contributed by atoms with van der Waals surface area (Å²) in [4.78, 5) is 11.6. The maximum atomic E-state index is 11.6. The Kier molecular flexibility index (Phi) is 6.74. The van der Waals surface area contributed by atoms with Crippen molar-refractivity contribution in [3.8, 4) is 5.75 Å². The Morgan fingerprint density at radius 2 is 2.05 bits per heavy atom. The van der Waals surface area contributed by atoms with Crippen LogP contribution in [0.15, 0.2) is 18.2 Å². The van der Waals surface area contributed by atoms with Gasteiger partial charge in [-0.2, -0.15) is 0 Å². The topological polar surface area (TPSA) is 70.8 Å². The van der Waals surface area contributed by atoms with Crippen LogP contribution in [0.4, 0.5) is 5.69 Å². The quantitative estimate of drug-likeness (QED) is 0.444. The van der Waals surface area contributed by atoms with Gasteiger partial charge in [0, 0.05) is 12.3 Å². The minimum Gasteiger partial charge on any atom is -0.490 e. The third-order valence-electron chi connectivity index (χ3n) is 2.54. The number of hydrogen-bond acceptors (Lipinski definition) is 5. The lowest BCUT2D eigenvalue weighted by Crippen LogP contribution is -2.11. The molecule has 1 aromatic rings. The average Bonchev–Trinajstić information content (AvgIpc) is 2.43. The molecule has 19 heavy (non-hydrogen) atoms. The second-order valence-electron chi connectivity index (χ2n) is 4.06. The molecule has 0 fully saturated rings. The molecule has 0 amide bonds. The Morgan fingerprint density at radius 1 is 1.26 bits per heavy atom. The summed E-state index contributed by atoms with van der Waals surface area (Å²) in [5.74, 6) is -0.00524. The number of nitrogen functional groups attached to an aromatic ring is 1. The van der Waals surface area contributed by atoms with Crippen molar-refractivity contribution >= 4 is 11.7 Å².